The summed E-state index contributed by atoms with van der Waals surface area (Å²) < 4.78 is 5.85. The standard InChI is InChI=1S/C17H22N2O2/c1-12-6-3-4-8-15(12)17-18-16(13(2)21-17)11-19-9-5-7-14(20)10-19/h3-4,6,8,14,20H,5,7,9-11H2,1-2H3/t14-/m1/s1. The first-order chi connectivity index (χ1) is 10.1. The Kier molecular flexibility index (Phi) is 4.08. The van der Waals surface area contributed by atoms with Gasteiger partial charge in [-0.15, -0.1) is 0 Å². The van der Waals surface area contributed by atoms with E-state index < -0.39 is 0 Å². The lowest BCUT2D eigenvalue weighted by Gasteiger charge is -2.29. The molecule has 0 radical (unpaired) electrons. The van der Waals surface area contributed by atoms with Gasteiger partial charge >= 0.3 is 0 Å². The first-order valence-corrected chi connectivity index (χ1v) is 7.56. The highest BCUT2D eigenvalue weighted by Gasteiger charge is 2.20. The molecule has 0 amide bonds. The largest absolute Gasteiger partial charge is 0.441 e. The van der Waals surface area contributed by atoms with Crippen molar-refractivity contribution in [2.45, 2.75) is 39.3 Å². The van der Waals surface area contributed by atoms with Crippen LogP contribution in [0.3, 0.4) is 0 Å². The van der Waals surface area contributed by atoms with Crippen molar-refractivity contribution in [3.63, 3.8) is 0 Å². The molecule has 1 aromatic heterocycles. The molecule has 0 unspecified atom stereocenters. The molecule has 1 fully saturated rings. The molecule has 1 atom stereocenters. The third-order valence-electron chi connectivity index (χ3n) is 4.12. The van der Waals surface area contributed by atoms with Crippen molar-refractivity contribution in [1.29, 1.82) is 0 Å². The fourth-order valence-corrected chi connectivity index (χ4v) is 2.89. The Labute approximate surface area is 125 Å². The number of hydrogen-bond acceptors (Lipinski definition) is 4. The summed E-state index contributed by atoms with van der Waals surface area (Å²) in [5.41, 5.74) is 3.19. The number of benzene rings is 1. The van der Waals surface area contributed by atoms with Gasteiger partial charge in [0.15, 0.2) is 0 Å². The summed E-state index contributed by atoms with van der Waals surface area (Å²) in [7, 11) is 0. The maximum Gasteiger partial charge on any atom is 0.226 e. The second-order valence-corrected chi connectivity index (χ2v) is 5.87. The van der Waals surface area contributed by atoms with Crippen molar-refractivity contribution in [3.8, 4) is 11.5 Å². The molecule has 1 saturated heterocycles. The minimum absolute atomic E-state index is 0.207. The van der Waals surface area contributed by atoms with Gasteiger partial charge in [0.25, 0.3) is 0 Å². The van der Waals surface area contributed by atoms with Gasteiger partial charge in [-0.2, -0.15) is 0 Å². The average Bonchev–Trinajstić information content (AvgIpc) is 2.80. The Bertz CT molecular complexity index is 621. The monoisotopic (exact) mass is 286 g/mol. The molecule has 0 bridgehead atoms. The van der Waals surface area contributed by atoms with E-state index >= 15 is 0 Å². The summed E-state index contributed by atoms with van der Waals surface area (Å²) in [6, 6.07) is 8.12. The number of likely N-dealkylation sites (tertiary alicyclic amines) is 1. The summed E-state index contributed by atoms with van der Waals surface area (Å²) in [6.07, 6.45) is 1.74. The van der Waals surface area contributed by atoms with E-state index in [9.17, 15) is 5.11 Å². The van der Waals surface area contributed by atoms with E-state index in [1.165, 1.54) is 5.56 Å². The summed E-state index contributed by atoms with van der Waals surface area (Å²) >= 11 is 0. The molecule has 21 heavy (non-hydrogen) atoms. The van der Waals surface area contributed by atoms with Gasteiger partial charge in [0.1, 0.15) is 5.76 Å². The number of aliphatic hydroxyl groups is 1. The van der Waals surface area contributed by atoms with E-state index in [2.05, 4.69) is 22.9 Å². The fraction of sp³-hybridized carbons (Fsp3) is 0.471. The van der Waals surface area contributed by atoms with Gasteiger partial charge in [0, 0.05) is 18.7 Å². The Morgan fingerprint density at radius 2 is 2.14 bits per heavy atom. The van der Waals surface area contributed by atoms with Gasteiger partial charge in [-0.3, -0.25) is 4.90 Å². The molecule has 2 aromatic rings. The lowest BCUT2D eigenvalue weighted by Crippen LogP contribution is -2.37. The predicted octanol–water partition coefficient (Wildman–Crippen LogP) is 2.92. The lowest BCUT2D eigenvalue weighted by atomic mass is 10.1. The van der Waals surface area contributed by atoms with Crippen LogP contribution in [-0.2, 0) is 6.54 Å². The Morgan fingerprint density at radius 1 is 1.33 bits per heavy atom. The van der Waals surface area contributed by atoms with Crippen LogP contribution in [0.2, 0.25) is 0 Å². The molecule has 1 aliphatic heterocycles. The topological polar surface area (TPSA) is 49.5 Å². The van der Waals surface area contributed by atoms with Crippen LogP contribution >= 0.6 is 0 Å². The summed E-state index contributed by atoms with van der Waals surface area (Å²) in [5, 5.41) is 9.76. The molecule has 4 nitrogen and oxygen atoms in total. The first-order valence-electron chi connectivity index (χ1n) is 7.56. The van der Waals surface area contributed by atoms with E-state index in [1.807, 2.05) is 25.1 Å². The molecule has 2 heterocycles. The number of β-amino-alcohol motifs (C(OH)–C–C–N with tert-alkyl or cyclic N) is 1. The summed E-state index contributed by atoms with van der Waals surface area (Å²) in [4.78, 5) is 6.92. The Hall–Kier alpha value is -1.65. The number of aryl methyl sites for hydroxylation is 2. The summed E-state index contributed by atoms with van der Waals surface area (Å²) in [6.45, 7) is 6.52. The SMILES string of the molecule is Cc1ccccc1-c1nc(CN2CCC[C@@H](O)C2)c(C)o1. The van der Waals surface area contributed by atoms with Crippen molar-refractivity contribution < 1.29 is 9.52 Å². The fourth-order valence-electron chi connectivity index (χ4n) is 2.89. The van der Waals surface area contributed by atoms with Crippen molar-refractivity contribution in [1.82, 2.24) is 9.88 Å². The highest BCUT2D eigenvalue weighted by molar-refractivity contribution is 5.58. The number of hydrogen-bond donors (Lipinski definition) is 1. The quantitative estimate of drug-likeness (QED) is 0.942. The predicted molar refractivity (Wildman–Crippen MR) is 81.9 cm³/mol. The van der Waals surface area contributed by atoms with E-state index in [0.29, 0.717) is 5.89 Å². The van der Waals surface area contributed by atoms with Gasteiger partial charge < -0.3 is 9.52 Å². The molecule has 0 saturated carbocycles. The molecule has 1 N–H and O–H groups in total. The highest BCUT2D eigenvalue weighted by Crippen LogP contribution is 2.25. The second-order valence-electron chi connectivity index (χ2n) is 5.87. The third-order valence-corrected chi connectivity index (χ3v) is 4.12. The summed E-state index contributed by atoms with van der Waals surface area (Å²) in [5.74, 6) is 1.56. The average molecular weight is 286 g/mol. The Morgan fingerprint density at radius 3 is 2.90 bits per heavy atom. The first kappa shape index (κ1) is 14.3. The van der Waals surface area contributed by atoms with Crippen LogP contribution in [0.1, 0.15) is 29.9 Å². The van der Waals surface area contributed by atoms with E-state index in [1.54, 1.807) is 0 Å². The van der Waals surface area contributed by atoms with Crippen LogP contribution in [0.15, 0.2) is 28.7 Å². The van der Waals surface area contributed by atoms with Crippen molar-refractivity contribution >= 4 is 0 Å². The third kappa shape index (κ3) is 3.17. The van der Waals surface area contributed by atoms with E-state index in [-0.39, 0.29) is 6.10 Å². The van der Waals surface area contributed by atoms with Gasteiger partial charge in [0.05, 0.1) is 11.8 Å². The van der Waals surface area contributed by atoms with Gasteiger partial charge in [-0.25, -0.2) is 4.98 Å². The Balaban J connectivity index is 1.80. The van der Waals surface area contributed by atoms with E-state index in [0.717, 1.165) is 49.5 Å². The number of oxazole rings is 1. The zero-order chi connectivity index (χ0) is 14.8. The number of nitrogens with zero attached hydrogens (tertiary/aromatic N) is 2. The normalized spacial score (nSPS) is 19.9. The molecule has 1 aliphatic rings. The van der Waals surface area contributed by atoms with Gasteiger partial charge in [0.2, 0.25) is 5.89 Å². The molecular weight excluding hydrogens is 264 g/mol. The molecule has 0 spiro atoms. The van der Waals surface area contributed by atoms with Gasteiger partial charge in [-0.05, 0) is 44.9 Å². The highest BCUT2D eigenvalue weighted by atomic mass is 16.4. The maximum absolute atomic E-state index is 9.76. The molecular formula is C17H22N2O2. The number of aromatic nitrogens is 1. The minimum atomic E-state index is -0.207. The van der Waals surface area contributed by atoms with Crippen LogP contribution in [0.25, 0.3) is 11.5 Å². The molecule has 112 valence electrons. The van der Waals surface area contributed by atoms with Crippen LogP contribution in [0, 0.1) is 13.8 Å². The molecule has 4 heteroatoms. The van der Waals surface area contributed by atoms with E-state index in [4.69, 9.17) is 4.42 Å². The zero-order valence-corrected chi connectivity index (χ0v) is 12.7. The number of piperidine rings is 1. The maximum atomic E-state index is 9.76. The van der Waals surface area contributed by atoms with Crippen LogP contribution < -0.4 is 0 Å². The molecule has 1 aromatic carbocycles. The van der Waals surface area contributed by atoms with Crippen LogP contribution in [0.4, 0.5) is 0 Å². The molecule has 0 aliphatic carbocycles. The smallest absolute Gasteiger partial charge is 0.226 e. The van der Waals surface area contributed by atoms with Crippen molar-refractivity contribution in [3.05, 3.63) is 41.3 Å². The molecule has 3 rings (SSSR count). The minimum Gasteiger partial charge on any atom is -0.441 e. The van der Waals surface area contributed by atoms with Crippen molar-refractivity contribution in [2.24, 2.45) is 0 Å². The van der Waals surface area contributed by atoms with Gasteiger partial charge in [-0.1, -0.05) is 18.2 Å². The van der Waals surface area contributed by atoms with Crippen LogP contribution in [-0.4, -0.2) is 34.2 Å². The lowest BCUT2D eigenvalue weighted by molar-refractivity contribution is 0.0660. The number of aliphatic hydroxyl groups excluding tert-OH is 1. The zero-order valence-electron chi connectivity index (χ0n) is 12.7. The number of rotatable bonds is 3. The van der Waals surface area contributed by atoms with Crippen LogP contribution in [0.5, 0.6) is 0 Å². The van der Waals surface area contributed by atoms with Crippen molar-refractivity contribution in [2.75, 3.05) is 13.1 Å². The second kappa shape index (κ2) is 6.00.